The van der Waals surface area contributed by atoms with E-state index in [0.29, 0.717) is 4.47 Å². The molecule has 1 unspecified atom stereocenters. The summed E-state index contributed by atoms with van der Waals surface area (Å²) in [5, 5.41) is -1.81. The van der Waals surface area contributed by atoms with Gasteiger partial charge in [-0.15, -0.1) is 0 Å². The van der Waals surface area contributed by atoms with Crippen LogP contribution in [-0.2, 0) is 24.2 Å². The highest BCUT2D eigenvalue weighted by Gasteiger charge is 2.39. The third kappa shape index (κ3) is 3.63. The molecule has 0 radical (unpaired) electrons. The fourth-order valence-electron chi connectivity index (χ4n) is 1.49. The number of esters is 1. The predicted molar refractivity (Wildman–Crippen MR) is 72.4 cm³/mol. The third-order valence-electron chi connectivity index (χ3n) is 2.32. The summed E-state index contributed by atoms with van der Waals surface area (Å²) in [6, 6.07) is 5.70. The molecule has 0 heterocycles. The van der Waals surface area contributed by atoms with Gasteiger partial charge in [-0.25, -0.2) is 8.42 Å². The first-order valence-corrected chi connectivity index (χ1v) is 7.81. The number of rotatable bonds is 5. The molecular weight excluding hydrogens is 336 g/mol. The van der Waals surface area contributed by atoms with Crippen molar-refractivity contribution in [3.63, 3.8) is 0 Å². The van der Waals surface area contributed by atoms with E-state index >= 15 is 0 Å². The zero-order chi connectivity index (χ0) is 14.6. The van der Waals surface area contributed by atoms with Crippen LogP contribution in [0.2, 0.25) is 0 Å². The van der Waals surface area contributed by atoms with E-state index in [1.807, 2.05) is 0 Å². The van der Waals surface area contributed by atoms with E-state index in [2.05, 4.69) is 20.7 Å². The molecule has 0 fully saturated rings. The molecule has 0 saturated carbocycles. The molecular formula is C12H13BrO5S. The van der Waals surface area contributed by atoms with E-state index in [0.717, 1.165) is 6.92 Å². The summed E-state index contributed by atoms with van der Waals surface area (Å²) in [4.78, 5) is 23.0. The SMILES string of the molecule is CCOC(=O)C(C(C)=O)S(=O)(=O)c1ccc(Br)cc1. The summed E-state index contributed by atoms with van der Waals surface area (Å²) in [6.45, 7) is 2.61. The van der Waals surface area contributed by atoms with Gasteiger partial charge in [0.2, 0.25) is 5.25 Å². The van der Waals surface area contributed by atoms with Gasteiger partial charge in [0.05, 0.1) is 11.5 Å². The summed E-state index contributed by atoms with van der Waals surface area (Å²) >= 11 is 3.18. The Morgan fingerprint density at radius 1 is 1.26 bits per heavy atom. The summed E-state index contributed by atoms with van der Waals surface area (Å²) in [5.41, 5.74) is 0. The molecule has 0 aromatic heterocycles. The van der Waals surface area contributed by atoms with Crippen LogP contribution < -0.4 is 0 Å². The zero-order valence-electron chi connectivity index (χ0n) is 10.4. The zero-order valence-corrected chi connectivity index (χ0v) is 12.8. The van der Waals surface area contributed by atoms with Gasteiger partial charge in [-0.3, -0.25) is 9.59 Å². The number of ketones is 1. The minimum absolute atomic E-state index is 0.0124. The fraction of sp³-hybridized carbons (Fsp3) is 0.333. The number of hydrogen-bond acceptors (Lipinski definition) is 5. The fourth-order valence-corrected chi connectivity index (χ4v) is 3.30. The van der Waals surface area contributed by atoms with Crippen LogP contribution >= 0.6 is 15.9 Å². The van der Waals surface area contributed by atoms with Gasteiger partial charge in [-0.05, 0) is 38.1 Å². The maximum Gasteiger partial charge on any atom is 0.332 e. The highest BCUT2D eigenvalue weighted by Crippen LogP contribution is 2.20. The minimum Gasteiger partial charge on any atom is -0.465 e. The Balaban J connectivity index is 3.24. The lowest BCUT2D eigenvalue weighted by atomic mass is 10.3. The van der Waals surface area contributed by atoms with Crippen molar-refractivity contribution in [1.29, 1.82) is 0 Å². The number of hydrogen-bond donors (Lipinski definition) is 0. The Hall–Kier alpha value is -1.21. The monoisotopic (exact) mass is 348 g/mol. The molecule has 1 aromatic carbocycles. The number of Topliss-reactive ketones (excluding diaryl/α,β-unsaturated/α-hetero) is 1. The quantitative estimate of drug-likeness (QED) is 0.598. The molecule has 1 atom stereocenters. The number of carbonyl (C=O) groups excluding carboxylic acids is 2. The lowest BCUT2D eigenvalue weighted by Gasteiger charge is -2.13. The van der Waals surface area contributed by atoms with Crippen LogP contribution in [0.1, 0.15) is 13.8 Å². The molecule has 104 valence electrons. The van der Waals surface area contributed by atoms with Crippen molar-refractivity contribution in [2.24, 2.45) is 0 Å². The average molecular weight is 349 g/mol. The van der Waals surface area contributed by atoms with Crippen LogP contribution in [0.25, 0.3) is 0 Å². The Morgan fingerprint density at radius 3 is 2.21 bits per heavy atom. The number of benzene rings is 1. The Bertz CT molecular complexity index is 577. The maximum atomic E-state index is 12.3. The summed E-state index contributed by atoms with van der Waals surface area (Å²) in [6.07, 6.45) is 0. The van der Waals surface area contributed by atoms with Gasteiger partial charge >= 0.3 is 5.97 Å². The molecule has 0 spiro atoms. The molecule has 0 aliphatic rings. The smallest absolute Gasteiger partial charge is 0.332 e. The number of carbonyl (C=O) groups is 2. The summed E-state index contributed by atoms with van der Waals surface area (Å²) in [7, 11) is -4.08. The third-order valence-corrected chi connectivity index (χ3v) is 4.93. The van der Waals surface area contributed by atoms with Crippen LogP contribution in [0.4, 0.5) is 0 Å². The van der Waals surface area contributed by atoms with Crippen LogP contribution in [0.15, 0.2) is 33.6 Å². The van der Waals surface area contributed by atoms with E-state index in [-0.39, 0.29) is 11.5 Å². The summed E-state index contributed by atoms with van der Waals surface area (Å²) in [5.74, 6) is -1.81. The van der Waals surface area contributed by atoms with Crippen molar-refractivity contribution >= 4 is 37.5 Å². The molecule has 19 heavy (non-hydrogen) atoms. The molecule has 0 N–H and O–H groups in total. The normalized spacial score (nSPS) is 12.8. The average Bonchev–Trinajstić information content (AvgIpc) is 2.28. The lowest BCUT2D eigenvalue weighted by molar-refractivity contribution is -0.144. The molecule has 0 aliphatic heterocycles. The number of halogens is 1. The van der Waals surface area contributed by atoms with Gasteiger partial charge in [-0.1, -0.05) is 15.9 Å². The van der Waals surface area contributed by atoms with E-state index in [4.69, 9.17) is 0 Å². The number of sulfone groups is 1. The molecule has 1 rings (SSSR count). The highest BCUT2D eigenvalue weighted by molar-refractivity contribution is 9.10. The van der Waals surface area contributed by atoms with Crippen LogP contribution in [0.5, 0.6) is 0 Å². The van der Waals surface area contributed by atoms with Gasteiger partial charge in [0.1, 0.15) is 0 Å². The van der Waals surface area contributed by atoms with Gasteiger partial charge < -0.3 is 4.74 Å². The van der Waals surface area contributed by atoms with E-state index in [1.54, 1.807) is 6.92 Å². The first-order chi connectivity index (χ1) is 8.80. The molecule has 1 aromatic rings. The van der Waals surface area contributed by atoms with Gasteiger partial charge in [0, 0.05) is 4.47 Å². The lowest BCUT2D eigenvalue weighted by Crippen LogP contribution is -2.38. The second kappa shape index (κ2) is 6.29. The topological polar surface area (TPSA) is 77.5 Å². The second-order valence-corrected chi connectivity index (χ2v) is 6.69. The standard InChI is InChI=1S/C12H13BrO5S/c1-3-18-12(15)11(8(2)14)19(16,17)10-6-4-9(13)5-7-10/h4-7,11H,3H2,1-2H3. The van der Waals surface area contributed by atoms with Gasteiger partial charge in [-0.2, -0.15) is 0 Å². The van der Waals surface area contributed by atoms with Crippen LogP contribution in [0, 0.1) is 0 Å². The van der Waals surface area contributed by atoms with E-state index in [1.165, 1.54) is 24.3 Å². The molecule has 0 amide bonds. The van der Waals surface area contributed by atoms with Gasteiger partial charge in [0.15, 0.2) is 15.6 Å². The second-order valence-electron chi connectivity index (χ2n) is 3.74. The predicted octanol–water partition coefficient (Wildman–Crippen LogP) is 1.74. The molecule has 0 saturated heterocycles. The highest BCUT2D eigenvalue weighted by atomic mass is 79.9. The molecule has 0 bridgehead atoms. The van der Waals surface area contributed by atoms with Gasteiger partial charge in [0.25, 0.3) is 0 Å². The maximum absolute atomic E-state index is 12.3. The first-order valence-electron chi connectivity index (χ1n) is 5.47. The van der Waals surface area contributed by atoms with E-state index in [9.17, 15) is 18.0 Å². The molecule has 0 aliphatic carbocycles. The Kier molecular flexibility index (Phi) is 5.25. The van der Waals surface area contributed by atoms with Crippen molar-refractivity contribution in [1.82, 2.24) is 0 Å². The van der Waals surface area contributed by atoms with Crippen molar-refractivity contribution in [3.8, 4) is 0 Å². The van der Waals surface area contributed by atoms with Crippen molar-refractivity contribution in [2.75, 3.05) is 6.61 Å². The Labute approximate surface area is 120 Å². The Morgan fingerprint density at radius 2 is 1.79 bits per heavy atom. The van der Waals surface area contributed by atoms with E-state index < -0.39 is 26.8 Å². The minimum atomic E-state index is -4.08. The van der Waals surface area contributed by atoms with Crippen molar-refractivity contribution in [2.45, 2.75) is 24.0 Å². The summed E-state index contributed by atoms with van der Waals surface area (Å²) < 4.78 is 29.9. The van der Waals surface area contributed by atoms with Crippen LogP contribution in [-0.4, -0.2) is 32.0 Å². The van der Waals surface area contributed by atoms with Crippen molar-refractivity contribution in [3.05, 3.63) is 28.7 Å². The number of ether oxygens (including phenoxy) is 1. The van der Waals surface area contributed by atoms with Crippen LogP contribution in [0.3, 0.4) is 0 Å². The molecule has 7 heteroatoms. The van der Waals surface area contributed by atoms with Crippen molar-refractivity contribution < 1.29 is 22.7 Å². The first kappa shape index (κ1) is 15.8. The molecule has 5 nitrogen and oxygen atoms in total. The largest absolute Gasteiger partial charge is 0.465 e.